The molecule has 3 aromatic rings. The summed E-state index contributed by atoms with van der Waals surface area (Å²) >= 11 is 19.2. The molecule has 0 atom stereocenters. The van der Waals surface area contributed by atoms with E-state index in [-0.39, 0.29) is 5.91 Å². The summed E-state index contributed by atoms with van der Waals surface area (Å²) in [6.45, 7) is 2.60. The van der Waals surface area contributed by atoms with Gasteiger partial charge in [0.1, 0.15) is 12.4 Å². The summed E-state index contributed by atoms with van der Waals surface area (Å²) in [7, 11) is 1.56. The number of hydrogen-bond acceptors (Lipinski definition) is 6. The number of nitrogens with zero attached hydrogens (tertiary/aromatic N) is 1. The van der Waals surface area contributed by atoms with Gasteiger partial charge in [0.05, 0.1) is 29.3 Å². The van der Waals surface area contributed by atoms with Crippen molar-refractivity contribution in [3.8, 4) is 17.2 Å². The van der Waals surface area contributed by atoms with E-state index in [1.165, 1.54) is 16.7 Å². The normalized spacial score (nSPS) is 14.5. The standard InChI is InChI=1S/C26H21Cl2NO4S2/c1-3-32-22-13-17(12-19(28)24(22)33-15-16-8-10-18(27)11-9-16)14-23-25(30)29(26(34)35-23)20-6-4-5-7-21(20)31-2/h4-14H,3,15H2,1-2H3/b23-14+. The molecule has 0 unspecified atom stereocenters. The minimum Gasteiger partial charge on any atom is -0.495 e. The molecule has 0 radical (unpaired) electrons. The Hall–Kier alpha value is -2.71. The number of halogens is 2. The van der Waals surface area contributed by atoms with Crippen LogP contribution in [0.1, 0.15) is 18.1 Å². The molecule has 1 amide bonds. The average Bonchev–Trinajstić information content (AvgIpc) is 3.12. The third-order valence-corrected chi connectivity index (χ3v) is 6.88. The second-order valence-electron chi connectivity index (χ2n) is 7.37. The monoisotopic (exact) mass is 545 g/mol. The minimum absolute atomic E-state index is 0.235. The molecule has 9 heteroatoms. The van der Waals surface area contributed by atoms with E-state index in [0.717, 1.165) is 5.56 Å². The van der Waals surface area contributed by atoms with Crippen molar-refractivity contribution in [1.29, 1.82) is 0 Å². The van der Waals surface area contributed by atoms with E-state index in [2.05, 4.69) is 0 Å². The van der Waals surface area contributed by atoms with Crippen molar-refractivity contribution in [2.75, 3.05) is 18.6 Å². The minimum atomic E-state index is -0.235. The van der Waals surface area contributed by atoms with Crippen LogP contribution in [-0.2, 0) is 11.4 Å². The Balaban J connectivity index is 1.61. The summed E-state index contributed by atoms with van der Waals surface area (Å²) in [5.41, 5.74) is 2.23. The second-order valence-corrected chi connectivity index (χ2v) is 9.89. The highest BCUT2D eigenvalue weighted by atomic mass is 35.5. The summed E-state index contributed by atoms with van der Waals surface area (Å²) < 4.78 is 17.6. The van der Waals surface area contributed by atoms with Crippen molar-refractivity contribution in [1.82, 2.24) is 0 Å². The Labute approximate surface area is 223 Å². The topological polar surface area (TPSA) is 48.0 Å². The number of amides is 1. The van der Waals surface area contributed by atoms with Gasteiger partial charge in [0, 0.05) is 5.02 Å². The van der Waals surface area contributed by atoms with E-state index in [1.54, 1.807) is 49.6 Å². The quantitative estimate of drug-likeness (QED) is 0.217. The van der Waals surface area contributed by atoms with Crippen LogP contribution in [0.15, 0.2) is 65.6 Å². The zero-order chi connectivity index (χ0) is 24.9. The van der Waals surface area contributed by atoms with E-state index in [0.29, 0.717) is 61.0 Å². The first-order chi connectivity index (χ1) is 16.9. The van der Waals surface area contributed by atoms with E-state index >= 15 is 0 Å². The molecular weight excluding hydrogens is 525 g/mol. The molecule has 1 fully saturated rings. The van der Waals surface area contributed by atoms with Gasteiger partial charge in [-0.1, -0.05) is 71.4 Å². The first kappa shape index (κ1) is 25.4. The van der Waals surface area contributed by atoms with Crippen LogP contribution in [0.4, 0.5) is 5.69 Å². The van der Waals surface area contributed by atoms with Gasteiger partial charge < -0.3 is 14.2 Å². The maximum Gasteiger partial charge on any atom is 0.270 e. The van der Waals surface area contributed by atoms with Crippen LogP contribution < -0.4 is 19.1 Å². The van der Waals surface area contributed by atoms with Crippen molar-refractivity contribution >= 4 is 69.2 Å². The number of methoxy groups -OCH3 is 1. The van der Waals surface area contributed by atoms with E-state index in [9.17, 15) is 4.79 Å². The highest BCUT2D eigenvalue weighted by molar-refractivity contribution is 8.27. The molecule has 0 spiro atoms. The van der Waals surface area contributed by atoms with Gasteiger partial charge in [-0.15, -0.1) is 0 Å². The Morgan fingerprint density at radius 3 is 2.49 bits per heavy atom. The molecule has 5 nitrogen and oxygen atoms in total. The van der Waals surface area contributed by atoms with Crippen LogP contribution >= 0.6 is 47.2 Å². The Morgan fingerprint density at radius 1 is 1.03 bits per heavy atom. The molecule has 3 aromatic carbocycles. The number of ether oxygens (including phenoxy) is 3. The predicted octanol–water partition coefficient (Wildman–Crippen LogP) is 7.39. The van der Waals surface area contributed by atoms with Gasteiger partial charge in [-0.05, 0) is 60.5 Å². The lowest BCUT2D eigenvalue weighted by atomic mass is 10.1. The number of carbonyl (C=O) groups is 1. The summed E-state index contributed by atoms with van der Waals surface area (Å²) in [6.07, 6.45) is 1.74. The number of anilines is 1. The Bertz CT molecular complexity index is 1300. The van der Waals surface area contributed by atoms with Gasteiger partial charge in [-0.2, -0.15) is 0 Å². The largest absolute Gasteiger partial charge is 0.495 e. The molecule has 0 saturated carbocycles. The fourth-order valence-corrected chi connectivity index (χ4v) is 5.14. The molecule has 0 N–H and O–H groups in total. The van der Waals surface area contributed by atoms with Gasteiger partial charge in [-0.25, -0.2) is 0 Å². The highest BCUT2D eigenvalue weighted by Gasteiger charge is 2.35. The lowest BCUT2D eigenvalue weighted by Gasteiger charge is -2.17. The Morgan fingerprint density at radius 2 is 1.77 bits per heavy atom. The number of hydrogen-bond donors (Lipinski definition) is 0. The summed E-state index contributed by atoms with van der Waals surface area (Å²) in [5, 5.41) is 1.03. The molecule has 1 aliphatic rings. The summed E-state index contributed by atoms with van der Waals surface area (Å²) in [4.78, 5) is 15.2. The van der Waals surface area contributed by atoms with Gasteiger partial charge in [0.25, 0.3) is 5.91 Å². The molecule has 35 heavy (non-hydrogen) atoms. The number of para-hydroxylation sites is 2. The molecule has 1 aliphatic heterocycles. The highest BCUT2D eigenvalue weighted by Crippen LogP contribution is 2.42. The Kier molecular flexibility index (Phi) is 8.23. The first-order valence-electron chi connectivity index (χ1n) is 10.7. The maximum atomic E-state index is 13.2. The van der Waals surface area contributed by atoms with Crippen LogP contribution in [0.3, 0.4) is 0 Å². The summed E-state index contributed by atoms with van der Waals surface area (Å²) in [5.74, 6) is 1.25. The molecular formula is C26H21Cl2NO4S2. The van der Waals surface area contributed by atoms with Crippen molar-refractivity contribution in [2.45, 2.75) is 13.5 Å². The molecule has 0 bridgehead atoms. The smallest absolute Gasteiger partial charge is 0.270 e. The number of rotatable bonds is 8. The number of benzene rings is 3. The third kappa shape index (κ3) is 5.76. The van der Waals surface area contributed by atoms with Crippen molar-refractivity contribution in [3.05, 3.63) is 86.7 Å². The molecule has 180 valence electrons. The zero-order valence-electron chi connectivity index (χ0n) is 18.9. The van der Waals surface area contributed by atoms with Crippen LogP contribution in [0.2, 0.25) is 10.0 Å². The molecule has 0 aliphatic carbocycles. The van der Waals surface area contributed by atoms with Crippen LogP contribution in [0.25, 0.3) is 6.08 Å². The fraction of sp³-hybridized carbons (Fsp3) is 0.154. The molecule has 1 heterocycles. The lowest BCUT2D eigenvalue weighted by molar-refractivity contribution is -0.113. The van der Waals surface area contributed by atoms with E-state index in [1.807, 2.05) is 31.2 Å². The zero-order valence-corrected chi connectivity index (χ0v) is 22.1. The maximum absolute atomic E-state index is 13.2. The van der Waals surface area contributed by atoms with Gasteiger partial charge >= 0.3 is 0 Å². The van der Waals surface area contributed by atoms with Gasteiger partial charge in [-0.3, -0.25) is 9.69 Å². The SMILES string of the molecule is CCOc1cc(/C=C2/SC(=S)N(c3ccccc3OC)C2=O)cc(Cl)c1OCc1ccc(Cl)cc1. The summed E-state index contributed by atoms with van der Waals surface area (Å²) in [6, 6.07) is 18.1. The second kappa shape index (κ2) is 11.4. The van der Waals surface area contributed by atoms with E-state index in [4.69, 9.17) is 49.6 Å². The van der Waals surface area contributed by atoms with Crippen LogP contribution in [-0.4, -0.2) is 23.9 Å². The van der Waals surface area contributed by atoms with Crippen molar-refractivity contribution in [3.63, 3.8) is 0 Å². The first-order valence-corrected chi connectivity index (χ1v) is 12.6. The van der Waals surface area contributed by atoms with Crippen molar-refractivity contribution in [2.24, 2.45) is 0 Å². The van der Waals surface area contributed by atoms with Gasteiger partial charge in [0.2, 0.25) is 0 Å². The van der Waals surface area contributed by atoms with Crippen LogP contribution in [0, 0.1) is 0 Å². The molecule has 4 rings (SSSR count). The van der Waals surface area contributed by atoms with Gasteiger partial charge in [0.15, 0.2) is 15.8 Å². The number of thiocarbonyl (C=S) groups is 1. The van der Waals surface area contributed by atoms with E-state index < -0.39 is 0 Å². The number of carbonyl (C=O) groups excluding carboxylic acids is 1. The lowest BCUT2D eigenvalue weighted by Crippen LogP contribution is -2.27. The average molecular weight is 546 g/mol. The third-order valence-electron chi connectivity index (χ3n) is 5.05. The molecule has 0 aromatic heterocycles. The van der Waals surface area contributed by atoms with Crippen molar-refractivity contribution < 1.29 is 19.0 Å². The predicted molar refractivity (Wildman–Crippen MR) is 147 cm³/mol. The molecule has 1 saturated heterocycles. The number of thioether (sulfide) groups is 1. The van der Waals surface area contributed by atoms with Crippen LogP contribution in [0.5, 0.6) is 17.2 Å². The fourth-order valence-electron chi connectivity index (χ4n) is 3.45.